The van der Waals surface area contributed by atoms with Gasteiger partial charge in [-0.3, -0.25) is 4.79 Å². The Labute approximate surface area is 161 Å². The van der Waals surface area contributed by atoms with Crippen molar-refractivity contribution in [2.75, 3.05) is 42.5 Å². The van der Waals surface area contributed by atoms with Crippen molar-refractivity contribution in [2.24, 2.45) is 5.92 Å². The molecule has 2 aromatic rings. The Hall–Kier alpha value is -2.63. The number of hydrogen-bond acceptors (Lipinski definition) is 5. The molecule has 0 unspecified atom stereocenters. The van der Waals surface area contributed by atoms with E-state index in [4.69, 9.17) is 0 Å². The topological polar surface area (TPSA) is 61.4 Å². The number of aromatic nitrogens is 2. The number of piperazine rings is 1. The molecule has 6 nitrogen and oxygen atoms in total. The lowest BCUT2D eigenvalue weighted by atomic mass is 10.2. The summed E-state index contributed by atoms with van der Waals surface area (Å²) in [6.07, 6.45) is 0. The van der Waals surface area contributed by atoms with Crippen molar-refractivity contribution in [2.45, 2.75) is 27.7 Å². The Morgan fingerprint density at radius 1 is 1.07 bits per heavy atom. The molecule has 2 heterocycles. The number of carbonyl (C=O) groups excluding carboxylic acids is 1. The van der Waals surface area contributed by atoms with Crippen LogP contribution < -0.4 is 15.1 Å². The zero-order valence-corrected chi connectivity index (χ0v) is 16.7. The van der Waals surface area contributed by atoms with Crippen LogP contribution in [0.1, 0.15) is 35.6 Å². The van der Waals surface area contributed by atoms with Crippen molar-refractivity contribution in [3.8, 4) is 0 Å². The van der Waals surface area contributed by atoms with Crippen LogP contribution in [0.3, 0.4) is 0 Å². The van der Waals surface area contributed by atoms with E-state index in [0.717, 1.165) is 31.9 Å². The molecule has 0 radical (unpaired) electrons. The Balaban J connectivity index is 1.68. The highest BCUT2D eigenvalue weighted by Gasteiger charge is 2.21. The normalized spacial score (nSPS) is 14.6. The van der Waals surface area contributed by atoms with Crippen molar-refractivity contribution in [1.29, 1.82) is 0 Å². The molecule has 0 aliphatic carbocycles. The molecular formula is C21H29N5O. The minimum Gasteiger partial charge on any atom is -0.368 e. The Morgan fingerprint density at radius 2 is 1.78 bits per heavy atom. The number of hydrogen-bond donors (Lipinski definition) is 1. The van der Waals surface area contributed by atoms with Crippen LogP contribution in [-0.2, 0) is 0 Å². The van der Waals surface area contributed by atoms with E-state index in [0.29, 0.717) is 24.1 Å². The molecule has 1 saturated heterocycles. The van der Waals surface area contributed by atoms with Crippen molar-refractivity contribution in [3.63, 3.8) is 0 Å². The van der Waals surface area contributed by atoms with Gasteiger partial charge in [0.2, 0.25) is 5.95 Å². The molecule has 1 amide bonds. The van der Waals surface area contributed by atoms with Gasteiger partial charge >= 0.3 is 0 Å². The predicted molar refractivity (Wildman–Crippen MR) is 110 cm³/mol. The number of rotatable bonds is 5. The molecule has 0 spiro atoms. The quantitative estimate of drug-likeness (QED) is 0.880. The largest absolute Gasteiger partial charge is 0.368 e. The van der Waals surface area contributed by atoms with Gasteiger partial charge < -0.3 is 15.1 Å². The molecule has 1 aromatic heterocycles. The molecule has 0 bridgehead atoms. The fourth-order valence-electron chi connectivity index (χ4n) is 3.19. The second-order valence-electron chi connectivity index (χ2n) is 7.61. The Kier molecular flexibility index (Phi) is 5.94. The van der Waals surface area contributed by atoms with Gasteiger partial charge in [-0.2, -0.15) is 0 Å². The van der Waals surface area contributed by atoms with E-state index < -0.39 is 0 Å². The monoisotopic (exact) mass is 367 g/mol. The smallest absolute Gasteiger partial charge is 0.270 e. The summed E-state index contributed by atoms with van der Waals surface area (Å²) in [5, 5.41) is 2.93. The standard InChI is InChI=1S/C21H29N5O/c1-15(2)14-22-20(27)19-13-17(4)23-21(24-19)26-10-8-25(9-11-26)18-7-5-6-16(3)12-18/h5-7,12-13,15H,8-11,14H2,1-4H3,(H,22,27). The van der Waals surface area contributed by atoms with E-state index >= 15 is 0 Å². The summed E-state index contributed by atoms with van der Waals surface area (Å²) in [4.78, 5) is 26.0. The lowest BCUT2D eigenvalue weighted by Crippen LogP contribution is -2.47. The Bertz CT molecular complexity index is 797. The highest BCUT2D eigenvalue weighted by atomic mass is 16.1. The lowest BCUT2D eigenvalue weighted by Gasteiger charge is -2.36. The van der Waals surface area contributed by atoms with Crippen LogP contribution in [0.5, 0.6) is 0 Å². The zero-order valence-electron chi connectivity index (χ0n) is 16.7. The molecule has 144 valence electrons. The molecule has 6 heteroatoms. The van der Waals surface area contributed by atoms with Crippen molar-refractivity contribution in [1.82, 2.24) is 15.3 Å². The van der Waals surface area contributed by atoms with Gasteiger partial charge in [0.05, 0.1) is 0 Å². The molecule has 0 atom stereocenters. The number of amides is 1. The van der Waals surface area contributed by atoms with Gasteiger partial charge in [-0.15, -0.1) is 0 Å². The number of aryl methyl sites for hydroxylation is 2. The van der Waals surface area contributed by atoms with Crippen LogP contribution in [0.2, 0.25) is 0 Å². The summed E-state index contributed by atoms with van der Waals surface area (Å²) in [6.45, 7) is 12.3. The third kappa shape index (κ3) is 4.96. The van der Waals surface area contributed by atoms with Crippen LogP contribution >= 0.6 is 0 Å². The van der Waals surface area contributed by atoms with Crippen LogP contribution in [0, 0.1) is 19.8 Å². The van der Waals surface area contributed by atoms with E-state index in [1.54, 1.807) is 6.07 Å². The fourth-order valence-corrected chi connectivity index (χ4v) is 3.19. The molecule has 27 heavy (non-hydrogen) atoms. The number of carbonyl (C=O) groups is 1. The number of benzene rings is 1. The predicted octanol–water partition coefficient (Wildman–Crippen LogP) is 2.81. The minimum absolute atomic E-state index is 0.131. The molecule has 1 aromatic carbocycles. The zero-order chi connectivity index (χ0) is 19.4. The SMILES string of the molecule is Cc1cccc(N2CCN(c3nc(C)cc(C(=O)NCC(C)C)n3)CC2)c1. The molecular weight excluding hydrogens is 338 g/mol. The summed E-state index contributed by atoms with van der Waals surface area (Å²) >= 11 is 0. The van der Waals surface area contributed by atoms with Gasteiger partial charge in [0.25, 0.3) is 5.91 Å². The van der Waals surface area contributed by atoms with Crippen LogP contribution in [0.25, 0.3) is 0 Å². The first-order valence-electron chi connectivity index (χ1n) is 9.63. The minimum atomic E-state index is -0.131. The maximum atomic E-state index is 12.4. The number of nitrogens with one attached hydrogen (secondary N) is 1. The van der Waals surface area contributed by atoms with Gasteiger partial charge in [0.15, 0.2) is 0 Å². The maximum Gasteiger partial charge on any atom is 0.270 e. The van der Waals surface area contributed by atoms with Crippen LogP contribution in [0.15, 0.2) is 30.3 Å². The van der Waals surface area contributed by atoms with E-state index in [2.05, 4.69) is 70.1 Å². The third-order valence-corrected chi connectivity index (χ3v) is 4.68. The average molecular weight is 367 g/mol. The van der Waals surface area contributed by atoms with Crippen LogP contribution in [-0.4, -0.2) is 48.6 Å². The lowest BCUT2D eigenvalue weighted by molar-refractivity contribution is 0.0944. The number of nitrogens with zero attached hydrogens (tertiary/aromatic N) is 4. The highest BCUT2D eigenvalue weighted by Crippen LogP contribution is 2.20. The molecule has 0 saturated carbocycles. The van der Waals surface area contributed by atoms with E-state index in [1.165, 1.54) is 11.3 Å². The molecule has 1 N–H and O–H groups in total. The summed E-state index contributed by atoms with van der Waals surface area (Å²) < 4.78 is 0. The van der Waals surface area contributed by atoms with Gasteiger partial charge in [-0.25, -0.2) is 9.97 Å². The summed E-state index contributed by atoms with van der Waals surface area (Å²) in [5.74, 6) is 0.925. The summed E-state index contributed by atoms with van der Waals surface area (Å²) in [5.41, 5.74) is 3.79. The first-order chi connectivity index (χ1) is 12.9. The fraction of sp³-hybridized carbons (Fsp3) is 0.476. The van der Waals surface area contributed by atoms with E-state index in [-0.39, 0.29) is 5.91 Å². The van der Waals surface area contributed by atoms with Gasteiger partial charge in [-0.1, -0.05) is 26.0 Å². The first-order valence-corrected chi connectivity index (χ1v) is 9.63. The van der Waals surface area contributed by atoms with Crippen molar-refractivity contribution >= 4 is 17.5 Å². The van der Waals surface area contributed by atoms with Crippen molar-refractivity contribution in [3.05, 3.63) is 47.3 Å². The van der Waals surface area contributed by atoms with Crippen LogP contribution in [0.4, 0.5) is 11.6 Å². The summed E-state index contributed by atoms with van der Waals surface area (Å²) in [7, 11) is 0. The first kappa shape index (κ1) is 19.1. The second-order valence-corrected chi connectivity index (χ2v) is 7.61. The summed E-state index contributed by atoms with van der Waals surface area (Å²) in [6, 6.07) is 10.3. The van der Waals surface area contributed by atoms with E-state index in [9.17, 15) is 4.79 Å². The molecule has 1 aliphatic rings. The van der Waals surface area contributed by atoms with Gasteiger partial charge in [0.1, 0.15) is 5.69 Å². The molecule has 1 aliphatic heterocycles. The molecule has 1 fully saturated rings. The maximum absolute atomic E-state index is 12.4. The number of anilines is 2. The molecule has 3 rings (SSSR count). The Morgan fingerprint density at radius 3 is 2.44 bits per heavy atom. The van der Waals surface area contributed by atoms with Crippen molar-refractivity contribution < 1.29 is 4.79 Å². The van der Waals surface area contributed by atoms with E-state index in [1.807, 2.05) is 6.92 Å². The highest BCUT2D eigenvalue weighted by molar-refractivity contribution is 5.92. The van der Waals surface area contributed by atoms with Gasteiger partial charge in [-0.05, 0) is 43.5 Å². The average Bonchev–Trinajstić information content (AvgIpc) is 2.65. The third-order valence-electron chi connectivity index (χ3n) is 4.68. The van der Waals surface area contributed by atoms with Gasteiger partial charge in [0, 0.05) is 44.1 Å². The second kappa shape index (κ2) is 8.37.